The first-order valence-corrected chi connectivity index (χ1v) is 6.97. The Kier molecular flexibility index (Phi) is 3.36. The van der Waals surface area contributed by atoms with Crippen molar-refractivity contribution in [2.75, 3.05) is 19.6 Å². The molecule has 0 amide bonds. The Labute approximate surface area is 108 Å². The molecule has 104 valence electrons. The third-order valence-electron chi connectivity index (χ3n) is 4.00. The van der Waals surface area contributed by atoms with Crippen molar-refractivity contribution in [1.82, 2.24) is 4.90 Å². The predicted octanol–water partition coefficient (Wildman–Crippen LogP) is 0.710. The van der Waals surface area contributed by atoms with Gasteiger partial charge in [0.1, 0.15) is 18.3 Å². The van der Waals surface area contributed by atoms with Gasteiger partial charge in [0.05, 0.1) is 0 Å². The van der Waals surface area contributed by atoms with E-state index < -0.39 is 18.2 Å². The molecule has 0 unspecified atom stereocenters. The molecule has 0 aromatic rings. The third kappa shape index (κ3) is 2.42. The molecule has 3 fully saturated rings. The lowest BCUT2D eigenvalue weighted by atomic mass is 10.1. The molecule has 3 aliphatic heterocycles. The number of rotatable bonds is 2. The molecule has 1 N–H and O–H groups in total. The first-order valence-electron chi connectivity index (χ1n) is 6.97. The Balaban J connectivity index is 1.57. The van der Waals surface area contributed by atoms with Crippen molar-refractivity contribution in [3.8, 4) is 0 Å². The van der Waals surface area contributed by atoms with Crippen LogP contribution in [-0.2, 0) is 14.2 Å². The van der Waals surface area contributed by atoms with Crippen molar-refractivity contribution in [3.63, 3.8) is 0 Å². The smallest absolute Gasteiger partial charge is 0.190 e. The van der Waals surface area contributed by atoms with E-state index >= 15 is 0 Å². The minimum atomic E-state index is -0.646. The molecule has 0 radical (unpaired) electrons. The van der Waals surface area contributed by atoms with Crippen molar-refractivity contribution in [2.45, 2.75) is 63.5 Å². The highest BCUT2D eigenvalue weighted by Gasteiger charge is 2.54. The molecule has 0 bridgehead atoms. The third-order valence-corrected chi connectivity index (χ3v) is 4.00. The Morgan fingerprint density at radius 1 is 1.17 bits per heavy atom. The van der Waals surface area contributed by atoms with Gasteiger partial charge in [0.25, 0.3) is 0 Å². The number of fused-ring (bicyclic) bond motifs is 1. The van der Waals surface area contributed by atoms with E-state index in [-0.39, 0.29) is 12.2 Å². The fourth-order valence-electron chi connectivity index (χ4n) is 3.11. The number of hydrogen-bond donors (Lipinski definition) is 1. The molecule has 5 nitrogen and oxygen atoms in total. The molecule has 3 heterocycles. The molecular formula is C13H23NO4. The molecule has 0 aliphatic carbocycles. The first-order chi connectivity index (χ1) is 8.55. The lowest BCUT2D eigenvalue weighted by Gasteiger charge is -2.30. The van der Waals surface area contributed by atoms with Crippen LogP contribution in [0.15, 0.2) is 0 Å². The molecule has 0 spiro atoms. The van der Waals surface area contributed by atoms with Gasteiger partial charge >= 0.3 is 0 Å². The van der Waals surface area contributed by atoms with Gasteiger partial charge in [0.2, 0.25) is 0 Å². The topological polar surface area (TPSA) is 51.2 Å². The summed E-state index contributed by atoms with van der Waals surface area (Å²) in [5, 5.41) is 10.3. The second-order valence-corrected chi connectivity index (χ2v) is 5.99. The maximum atomic E-state index is 10.3. The largest absolute Gasteiger partial charge is 0.387 e. The monoisotopic (exact) mass is 257 g/mol. The zero-order valence-corrected chi connectivity index (χ0v) is 11.2. The SMILES string of the molecule is CC1(C)O[C@H]2O[C@H](CN3CCCCC3)[C@H](O)[C@H]2O1. The zero-order chi connectivity index (χ0) is 12.8. The maximum Gasteiger partial charge on any atom is 0.190 e. The van der Waals surface area contributed by atoms with Crippen LogP contribution in [-0.4, -0.2) is 60.0 Å². The average Bonchev–Trinajstić information content (AvgIpc) is 2.76. The van der Waals surface area contributed by atoms with E-state index in [2.05, 4.69) is 4.90 Å². The number of likely N-dealkylation sites (tertiary alicyclic amines) is 1. The fourth-order valence-corrected chi connectivity index (χ4v) is 3.11. The second kappa shape index (κ2) is 4.72. The summed E-state index contributed by atoms with van der Waals surface area (Å²) < 4.78 is 17.1. The first kappa shape index (κ1) is 12.8. The summed E-state index contributed by atoms with van der Waals surface area (Å²) in [5.41, 5.74) is 0. The highest BCUT2D eigenvalue weighted by Crippen LogP contribution is 2.37. The summed E-state index contributed by atoms with van der Waals surface area (Å²) in [5.74, 6) is -0.646. The average molecular weight is 257 g/mol. The van der Waals surface area contributed by atoms with Crippen molar-refractivity contribution in [2.24, 2.45) is 0 Å². The summed E-state index contributed by atoms with van der Waals surface area (Å²) in [6.07, 6.45) is 2.29. The summed E-state index contributed by atoms with van der Waals surface area (Å²) in [6, 6.07) is 0. The quantitative estimate of drug-likeness (QED) is 0.789. The van der Waals surface area contributed by atoms with E-state index in [9.17, 15) is 5.11 Å². The molecule has 5 heteroatoms. The minimum absolute atomic E-state index is 0.186. The van der Waals surface area contributed by atoms with E-state index in [4.69, 9.17) is 14.2 Å². The van der Waals surface area contributed by atoms with Crippen LogP contribution in [0.2, 0.25) is 0 Å². The Bertz CT molecular complexity index is 303. The molecule has 0 saturated carbocycles. The van der Waals surface area contributed by atoms with E-state index in [0.717, 1.165) is 19.6 Å². The Morgan fingerprint density at radius 3 is 2.56 bits per heavy atom. The molecule has 4 atom stereocenters. The highest BCUT2D eigenvalue weighted by atomic mass is 16.8. The van der Waals surface area contributed by atoms with Gasteiger partial charge in [-0.05, 0) is 39.8 Å². The van der Waals surface area contributed by atoms with Crippen LogP contribution < -0.4 is 0 Å². The summed E-state index contributed by atoms with van der Waals surface area (Å²) in [7, 11) is 0. The molecule has 0 aromatic carbocycles. The normalized spacial score (nSPS) is 44.2. The second-order valence-electron chi connectivity index (χ2n) is 5.99. The fraction of sp³-hybridized carbons (Fsp3) is 1.00. The van der Waals surface area contributed by atoms with Crippen LogP contribution in [0, 0.1) is 0 Å². The van der Waals surface area contributed by atoms with E-state index in [1.54, 1.807) is 0 Å². The molecule has 3 aliphatic rings. The summed E-state index contributed by atoms with van der Waals surface area (Å²) >= 11 is 0. The van der Waals surface area contributed by atoms with E-state index in [0.29, 0.717) is 0 Å². The van der Waals surface area contributed by atoms with Gasteiger partial charge in [-0.2, -0.15) is 0 Å². The lowest BCUT2D eigenvalue weighted by molar-refractivity contribution is -0.216. The molecule has 3 rings (SSSR count). The maximum absolute atomic E-state index is 10.3. The van der Waals surface area contributed by atoms with Crippen LogP contribution in [0.4, 0.5) is 0 Å². The van der Waals surface area contributed by atoms with Gasteiger partial charge < -0.3 is 24.2 Å². The van der Waals surface area contributed by atoms with Gasteiger partial charge in [0, 0.05) is 6.54 Å². The van der Waals surface area contributed by atoms with Gasteiger partial charge in [-0.3, -0.25) is 0 Å². The Morgan fingerprint density at radius 2 is 1.89 bits per heavy atom. The zero-order valence-electron chi connectivity index (χ0n) is 11.2. The van der Waals surface area contributed by atoms with Crippen LogP contribution in [0.1, 0.15) is 33.1 Å². The minimum Gasteiger partial charge on any atom is -0.387 e. The summed E-state index contributed by atoms with van der Waals surface area (Å²) in [6.45, 7) is 6.69. The van der Waals surface area contributed by atoms with Crippen molar-refractivity contribution >= 4 is 0 Å². The number of nitrogens with zero attached hydrogens (tertiary/aromatic N) is 1. The van der Waals surface area contributed by atoms with Gasteiger partial charge in [-0.25, -0.2) is 0 Å². The van der Waals surface area contributed by atoms with Gasteiger partial charge in [-0.1, -0.05) is 6.42 Å². The van der Waals surface area contributed by atoms with Crippen molar-refractivity contribution in [1.29, 1.82) is 0 Å². The summed E-state index contributed by atoms with van der Waals surface area (Å²) in [4.78, 5) is 2.36. The molecule has 18 heavy (non-hydrogen) atoms. The molecule has 0 aromatic heterocycles. The van der Waals surface area contributed by atoms with Crippen molar-refractivity contribution in [3.05, 3.63) is 0 Å². The van der Waals surface area contributed by atoms with Crippen LogP contribution >= 0.6 is 0 Å². The van der Waals surface area contributed by atoms with Gasteiger partial charge in [-0.15, -0.1) is 0 Å². The molecular weight excluding hydrogens is 234 g/mol. The lowest BCUT2D eigenvalue weighted by Crippen LogP contribution is -2.43. The van der Waals surface area contributed by atoms with E-state index in [1.165, 1.54) is 19.3 Å². The number of ether oxygens (including phenoxy) is 3. The van der Waals surface area contributed by atoms with Crippen LogP contribution in [0.25, 0.3) is 0 Å². The number of aliphatic hydroxyl groups excluding tert-OH is 1. The number of aliphatic hydroxyl groups is 1. The van der Waals surface area contributed by atoms with Gasteiger partial charge in [0.15, 0.2) is 12.1 Å². The number of hydrogen-bond acceptors (Lipinski definition) is 5. The standard InChI is InChI=1S/C13H23NO4/c1-13(2)17-11-10(15)9(16-12(11)18-13)8-14-6-4-3-5-7-14/h9-12,15H,3-8H2,1-2H3/t9-,10+,11-,12-/m1/s1. The highest BCUT2D eigenvalue weighted by molar-refractivity contribution is 4.94. The van der Waals surface area contributed by atoms with E-state index in [1.807, 2.05) is 13.8 Å². The van der Waals surface area contributed by atoms with Crippen molar-refractivity contribution < 1.29 is 19.3 Å². The van der Waals surface area contributed by atoms with Crippen LogP contribution in [0.5, 0.6) is 0 Å². The predicted molar refractivity (Wildman–Crippen MR) is 65.0 cm³/mol. The molecule has 3 saturated heterocycles. The number of piperidine rings is 1. The Hall–Kier alpha value is -0.200. The van der Waals surface area contributed by atoms with Crippen LogP contribution in [0.3, 0.4) is 0 Å².